The molecule has 0 radical (unpaired) electrons. The van der Waals surface area contributed by atoms with Crippen LogP contribution < -0.4 is 5.43 Å². The van der Waals surface area contributed by atoms with E-state index in [4.69, 9.17) is 10.00 Å². The number of carbonyl (C=O) groups excluding carboxylic acids is 1. The van der Waals surface area contributed by atoms with Gasteiger partial charge < -0.3 is 14.6 Å². The highest BCUT2D eigenvalue weighted by Gasteiger charge is 2.28. The molecule has 0 saturated heterocycles. The predicted octanol–water partition coefficient (Wildman–Crippen LogP) is 2.75. The van der Waals surface area contributed by atoms with Crippen LogP contribution in [0.2, 0.25) is 0 Å². The third-order valence-electron chi connectivity index (χ3n) is 3.65. The van der Waals surface area contributed by atoms with Crippen LogP contribution in [-0.2, 0) is 17.7 Å². The summed E-state index contributed by atoms with van der Waals surface area (Å²) >= 11 is 1.46. The maximum absolute atomic E-state index is 12.4. The number of rotatable bonds is 0. The monoisotopic (exact) mass is 331 g/mol. The maximum Gasteiger partial charge on any atom is 0.410 e. The number of aromatic amines is 1. The summed E-state index contributed by atoms with van der Waals surface area (Å²) in [4.78, 5) is 30.9. The van der Waals surface area contributed by atoms with Crippen LogP contribution >= 0.6 is 11.3 Å². The molecule has 0 fully saturated rings. The first kappa shape index (κ1) is 15.6. The molecule has 0 atom stereocenters. The summed E-state index contributed by atoms with van der Waals surface area (Å²) in [6.45, 7) is 6.44. The third kappa shape index (κ3) is 2.82. The summed E-state index contributed by atoms with van der Waals surface area (Å²) in [5, 5.41) is 9.60. The van der Waals surface area contributed by atoms with Crippen LogP contribution in [0.15, 0.2) is 11.0 Å². The van der Waals surface area contributed by atoms with Gasteiger partial charge in [0.1, 0.15) is 22.1 Å². The summed E-state index contributed by atoms with van der Waals surface area (Å²) in [7, 11) is 0. The number of carbonyl (C=O) groups is 1. The first-order chi connectivity index (χ1) is 10.8. The Kier molecular flexibility index (Phi) is 3.65. The van der Waals surface area contributed by atoms with E-state index >= 15 is 0 Å². The molecule has 1 N–H and O–H groups in total. The van der Waals surface area contributed by atoms with Crippen LogP contribution in [0.3, 0.4) is 0 Å². The van der Waals surface area contributed by atoms with Crippen molar-refractivity contribution in [3.05, 3.63) is 32.4 Å². The molecule has 1 aliphatic heterocycles. The Bertz CT molecular complexity index is 883. The van der Waals surface area contributed by atoms with Gasteiger partial charge in [0, 0.05) is 17.6 Å². The number of hydrogen-bond acceptors (Lipinski definition) is 5. The highest BCUT2D eigenvalue weighted by atomic mass is 32.1. The second kappa shape index (κ2) is 5.39. The SMILES string of the molecule is CC(C)(C)OC(=O)N1CCc2c(sc3[nH]cc(C#N)c(=O)c23)C1. The van der Waals surface area contributed by atoms with Gasteiger partial charge in [-0.3, -0.25) is 4.79 Å². The lowest BCUT2D eigenvalue weighted by Gasteiger charge is -2.29. The van der Waals surface area contributed by atoms with Crippen LogP contribution in [0.5, 0.6) is 0 Å². The molecule has 3 rings (SSSR count). The van der Waals surface area contributed by atoms with Gasteiger partial charge in [0.05, 0.1) is 11.9 Å². The minimum Gasteiger partial charge on any atom is -0.444 e. The number of nitriles is 1. The molecule has 6 nitrogen and oxygen atoms in total. The topological polar surface area (TPSA) is 86.2 Å². The van der Waals surface area contributed by atoms with Crippen molar-refractivity contribution < 1.29 is 9.53 Å². The van der Waals surface area contributed by atoms with E-state index in [-0.39, 0.29) is 17.1 Å². The van der Waals surface area contributed by atoms with Crippen molar-refractivity contribution in [1.82, 2.24) is 9.88 Å². The number of ether oxygens (including phenoxy) is 1. The second-order valence-corrected chi connectivity index (χ2v) is 7.61. The largest absolute Gasteiger partial charge is 0.444 e. The minimum atomic E-state index is -0.533. The zero-order valence-corrected chi connectivity index (χ0v) is 14.0. The van der Waals surface area contributed by atoms with Crippen molar-refractivity contribution in [1.29, 1.82) is 5.26 Å². The minimum absolute atomic E-state index is 0.118. The van der Waals surface area contributed by atoms with Gasteiger partial charge in [-0.2, -0.15) is 5.26 Å². The summed E-state index contributed by atoms with van der Waals surface area (Å²) in [6, 6.07) is 1.91. The quantitative estimate of drug-likeness (QED) is 0.804. The Morgan fingerprint density at radius 1 is 1.48 bits per heavy atom. The Morgan fingerprint density at radius 2 is 2.22 bits per heavy atom. The van der Waals surface area contributed by atoms with Crippen molar-refractivity contribution in [2.24, 2.45) is 0 Å². The molecule has 0 aromatic carbocycles. The Morgan fingerprint density at radius 3 is 2.87 bits per heavy atom. The fourth-order valence-corrected chi connectivity index (χ4v) is 3.88. The van der Waals surface area contributed by atoms with Gasteiger partial charge in [-0.25, -0.2) is 4.79 Å². The molecule has 120 valence electrons. The van der Waals surface area contributed by atoms with Gasteiger partial charge >= 0.3 is 6.09 Å². The van der Waals surface area contributed by atoms with E-state index in [1.54, 1.807) is 4.90 Å². The summed E-state index contributed by atoms with van der Waals surface area (Å²) in [5.74, 6) is 0. The van der Waals surface area contributed by atoms with Gasteiger partial charge in [0.2, 0.25) is 5.43 Å². The second-order valence-electron chi connectivity index (χ2n) is 6.50. The van der Waals surface area contributed by atoms with Crippen LogP contribution in [0.4, 0.5) is 4.79 Å². The maximum atomic E-state index is 12.4. The van der Waals surface area contributed by atoms with Crippen molar-refractivity contribution in [2.45, 2.75) is 39.3 Å². The van der Waals surface area contributed by atoms with E-state index in [2.05, 4.69) is 4.98 Å². The number of aromatic nitrogens is 1. The van der Waals surface area contributed by atoms with E-state index in [1.165, 1.54) is 17.5 Å². The Labute approximate surface area is 137 Å². The molecule has 1 amide bonds. The Hall–Kier alpha value is -2.33. The number of nitrogens with zero attached hydrogens (tertiary/aromatic N) is 2. The number of amides is 1. The predicted molar refractivity (Wildman–Crippen MR) is 87.5 cm³/mol. The molecule has 0 unspecified atom stereocenters. The molecule has 0 spiro atoms. The zero-order chi connectivity index (χ0) is 16.8. The highest BCUT2D eigenvalue weighted by molar-refractivity contribution is 7.18. The van der Waals surface area contributed by atoms with E-state index in [0.29, 0.717) is 24.9 Å². The van der Waals surface area contributed by atoms with Crippen molar-refractivity contribution >= 4 is 27.6 Å². The first-order valence-corrected chi connectivity index (χ1v) is 8.16. The van der Waals surface area contributed by atoms with Crippen molar-refractivity contribution in [3.63, 3.8) is 0 Å². The molecule has 7 heteroatoms. The molecule has 2 aromatic rings. The van der Waals surface area contributed by atoms with E-state index < -0.39 is 5.60 Å². The number of H-pyrrole nitrogens is 1. The number of thiophene rings is 1. The average Bonchev–Trinajstić information content (AvgIpc) is 2.84. The van der Waals surface area contributed by atoms with Gasteiger partial charge in [-0.15, -0.1) is 11.3 Å². The standard InChI is InChI=1S/C16H17N3O3S/c1-16(2,3)22-15(21)19-5-4-10-11(8-19)23-14-12(10)13(20)9(6-17)7-18-14/h7H,4-5,8H2,1-3H3,(H,18,20). The van der Waals surface area contributed by atoms with Crippen molar-refractivity contribution in [3.8, 4) is 6.07 Å². The van der Waals surface area contributed by atoms with Crippen molar-refractivity contribution in [2.75, 3.05) is 6.54 Å². The normalized spacial score (nSPS) is 14.4. The van der Waals surface area contributed by atoms with Crippen LogP contribution in [0.1, 0.15) is 36.8 Å². The molecule has 0 bridgehead atoms. The number of hydrogen-bond donors (Lipinski definition) is 1. The molecular weight excluding hydrogens is 314 g/mol. The lowest BCUT2D eigenvalue weighted by molar-refractivity contribution is 0.0227. The molecule has 2 aromatic heterocycles. The summed E-state index contributed by atoms with van der Waals surface area (Å²) < 4.78 is 5.41. The van der Waals surface area contributed by atoms with E-state index in [0.717, 1.165) is 15.3 Å². The van der Waals surface area contributed by atoms with Gasteiger partial charge in [0.25, 0.3) is 0 Å². The first-order valence-electron chi connectivity index (χ1n) is 7.34. The van der Waals surface area contributed by atoms with E-state index in [9.17, 15) is 9.59 Å². The zero-order valence-electron chi connectivity index (χ0n) is 13.2. The smallest absolute Gasteiger partial charge is 0.410 e. The van der Waals surface area contributed by atoms with Gasteiger partial charge in [-0.1, -0.05) is 0 Å². The molecule has 3 heterocycles. The average molecular weight is 331 g/mol. The Balaban J connectivity index is 1.96. The van der Waals surface area contributed by atoms with E-state index in [1.807, 2.05) is 26.8 Å². The number of pyridine rings is 1. The van der Waals surface area contributed by atoms with Crippen LogP contribution in [-0.4, -0.2) is 28.1 Å². The molecule has 0 aliphatic carbocycles. The lowest BCUT2D eigenvalue weighted by atomic mass is 10.0. The number of fused-ring (bicyclic) bond motifs is 3. The molecule has 23 heavy (non-hydrogen) atoms. The third-order valence-corrected chi connectivity index (χ3v) is 4.80. The summed E-state index contributed by atoms with van der Waals surface area (Å²) in [5.41, 5.74) is 0.301. The fourth-order valence-electron chi connectivity index (χ4n) is 2.65. The summed E-state index contributed by atoms with van der Waals surface area (Å²) in [6.07, 6.45) is 1.69. The van der Waals surface area contributed by atoms with Crippen LogP contribution in [0, 0.1) is 11.3 Å². The lowest BCUT2D eigenvalue weighted by Crippen LogP contribution is -2.39. The highest BCUT2D eigenvalue weighted by Crippen LogP contribution is 2.33. The number of nitrogens with one attached hydrogen (secondary N) is 1. The van der Waals surface area contributed by atoms with Gasteiger partial charge in [-0.05, 0) is 32.8 Å². The molecule has 0 saturated carbocycles. The molecule has 1 aliphatic rings. The van der Waals surface area contributed by atoms with Gasteiger partial charge in [0.15, 0.2) is 0 Å². The molecular formula is C16H17N3O3S. The van der Waals surface area contributed by atoms with Crippen LogP contribution in [0.25, 0.3) is 10.2 Å². The fraction of sp³-hybridized carbons (Fsp3) is 0.438.